The van der Waals surface area contributed by atoms with E-state index in [0.717, 1.165) is 17.3 Å². The molecule has 24 heavy (non-hydrogen) atoms. The number of aryl methyl sites for hydroxylation is 1. The first-order valence-electron chi connectivity index (χ1n) is 6.97. The number of aromatic nitrogens is 1. The van der Waals surface area contributed by atoms with Crippen LogP contribution in [-0.2, 0) is 26.2 Å². The van der Waals surface area contributed by atoms with Crippen LogP contribution < -0.4 is 0 Å². The van der Waals surface area contributed by atoms with Crippen LogP contribution in [0.1, 0.15) is 12.0 Å². The zero-order valence-electron chi connectivity index (χ0n) is 13.2. The van der Waals surface area contributed by atoms with Crippen LogP contribution in [0.3, 0.4) is 0 Å². The summed E-state index contributed by atoms with van der Waals surface area (Å²) in [5.74, 6) is 0. The van der Waals surface area contributed by atoms with E-state index < -0.39 is 0 Å². The smallest absolute Gasteiger partial charge is 0.428 e. The molecule has 0 N–H and O–H groups in total. The number of rotatable bonds is 1. The second-order valence-electron chi connectivity index (χ2n) is 5.01. The third-order valence-electron chi connectivity index (χ3n) is 3.37. The SMILES string of the molecule is Cc1cc2c[c-](Cl)n(-c3ccccc3)c-2c1.Cl.Cl.[C-]1=CC=CC1.[Zr+2]. The predicted octanol–water partition coefficient (Wildman–Crippen LogP) is 6.41. The summed E-state index contributed by atoms with van der Waals surface area (Å²) in [6, 6.07) is 16.5. The Kier molecular flexibility index (Phi) is 10.8. The zero-order chi connectivity index (χ0) is 14.7. The van der Waals surface area contributed by atoms with Crippen LogP contribution in [0.25, 0.3) is 16.9 Å². The van der Waals surface area contributed by atoms with Crippen molar-refractivity contribution in [3.8, 4) is 16.9 Å². The Morgan fingerprint density at radius 2 is 1.83 bits per heavy atom. The molecule has 0 radical (unpaired) electrons. The molecule has 3 aliphatic rings. The van der Waals surface area contributed by atoms with Crippen LogP contribution in [0.2, 0.25) is 5.15 Å². The first-order valence-corrected chi connectivity index (χ1v) is 7.35. The molecule has 0 amide bonds. The maximum absolute atomic E-state index is 6.26. The van der Waals surface area contributed by atoms with Crippen LogP contribution in [0, 0.1) is 13.0 Å². The van der Waals surface area contributed by atoms with Crippen molar-refractivity contribution in [2.45, 2.75) is 13.3 Å². The van der Waals surface area contributed by atoms with Crippen LogP contribution in [0.4, 0.5) is 0 Å². The Hall–Kier alpha value is -0.657. The van der Waals surface area contributed by atoms with Crippen molar-refractivity contribution in [3.05, 3.63) is 83.6 Å². The molecule has 0 fully saturated rings. The van der Waals surface area contributed by atoms with Gasteiger partial charge in [-0.25, -0.2) is 12.2 Å². The number of hydrogen-bond donors (Lipinski definition) is 0. The molecule has 1 aromatic rings. The largest absolute Gasteiger partial charge is 2.00 e. The molecule has 1 aliphatic heterocycles. The molecule has 0 aromatic heterocycles. The number of halogens is 3. The number of fused-ring (bicyclic) bond motifs is 1. The minimum Gasteiger partial charge on any atom is -0.428 e. The van der Waals surface area contributed by atoms with Crippen molar-refractivity contribution < 1.29 is 26.2 Å². The van der Waals surface area contributed by atoms with Gasteiger partial charge in [0, 0.05) is 5.15 Å². The van der Waals surface area contributed by atoms with Gasteiger partial charge < -0.3 is 4.57 Å². The second-order valence-corrected chi connectivity index (χ2v) is 5.40. The average Bonchev–Trinajstić information content (AvgIpc) is 3.18. The normalized spacial score (nSPS) is 11.1. The molecular formula is C19H18Cl3NZr. The number of para-hydroxylation sites is 1. The molecule has 1 nitrogen and oxygen atoms in total. The van der Waals surface area contributed by atoms with E-state index in [9.17, 15) is 0 Å². The topological polar surface area (TPSA) is 4.93 Å². The molecule has 0 bridgehead atoms. The van der Waals surface area contributed by atoms with Crippen molar-refractivity contribution in [2.75, 3.05) is 0 Å². The van der Waals surface area contributed by atoms with E-state index in [-0.39, 0.29) is 51.0 Å². The summed E-state index contributed by atoms with van der Waals surface area (Å²) in [4.78, 5) is 0. The van der Waals surface area contributed by atoms with Crippen LogP contribution in [0.15, 0.2) is 66.8 Å². The molecule has 0 saturated carbocycles. The van der Waals surface area contributed by atoms with Gasteiger partial charge in [-0.3, -0.25) is 6.08 Å². The molecule has 0 atom stereocenters. The second kappa shape index (κ2) is 11.1. The van der Waals surface area contributed by atoms with Gasteiger partial charge >= 0.3 is 26.2 Å². The number of benzene rings is 1. The van der Waals surface area contributed by atoms with Gasteiger partial charge in [0.25, 0.3) is 0 Å². The maximum atomic E-state index is 6.26. The third kappa shape index (κ3) is 5.43. The van der Waals surface area contributed by atoms with Gasteiger partial charge in [0.2, 0.25) is 0 Å². The Labute approximate surface area is 180 Å². The predicted molar refractivity (Wildman–Crippen MR) is 104 cm³/mol. The monoisotopic (exact) mass is 455 g/mol. The average molecular weight is 458 g/mol. The Morgan fingerprint density at radius 1 is 1.12 bits per heavy atom. The van der Waals surface area contributed by atoms with Gasteiger partial charge in [0.05, 0.1) is 0 Å². The van der Waals surface area contributed by atoms with Gasteiger partial charge in [0.1, 0.15) is 0 Å². The van der Waals surface area contributed by atoms with Gasteiger partial charge in [-0.15, -0.1) is 60.5 Å². The van der Waals surface area contributed by atoms with Crippen molar-refractivity contribution in [1.82, 2.24) is 4.57 Å². The first kappa shape index (κ1) is 23.3. The van der Waals surface area contributed by atoms with E-state index in [0.29, 0.717) is 0 Å². The molecule has 4 rings (SSSR count). The first-order chi connectivity index (χ1) is 10.3. The Bertz CT molecular complexity index is 746. The van der Waals surface area contributed by atoms with E-state index in [1.54, 1.807) is 0 Å². The van der Waals surface area contributed by atoms with Crippen LogP contribution in [0.5, 0.6) is 0 Å². The van der Waals surface area contributed by atoms with Crippen molar-refractivity contribution in [1.29, 1.82) is 0 Å². The summed E-state index contributed by atoms with van der Waals surface area (Å²) in [6.45, 7) is 2.10. The quantitative estimate of drug-likeness (QED) is 0.372. The summed E-state index contributed by atoms with van der Waals surface area (Å²) >= 11 is 6.26. The van der Waals surface area contributed by atoms with Gasteiger partial charge in [-0.05, 0) is 12.6 Å². The standard InChI is InChI=1S/C14H11ClN.C5H5.2ClH.Zr/c1-10-7-11-9-14(15)16(13(11)8-10)12-5-3-2-4-6-12;1-2-4-5-3-1;;;/h2-9H,1H3;1-3H,4H2;2*1H;/q2*-1;;;+2. The fraction of sp³-hybridized carbons (Fsp3) is 0.105. The van der Waals surface area contributed by atoms with E-state index in [2.05, 4.69) is 47.9 Å². The Morgan fingerprint density at radius 3 is 2.38 bits per heavy atom. The summed E-state index contributed by atoms with van der Waals surface area (Å²) in [7, 11) is 0. The maximum Gasteiger partial charge on any atom is 2.00 e. The van der Waals surface area contributed by atoms with Gasteiger partial charge in [-0.2, -0.15) is 6.08 Å². The van der Waals surface area contributed by atoms with Gasteiger partial charge in [-0.1, -0.05) is 47.7 Å². The fourth-order valence-corrected chi connectivity index (χ4v) is 2.76. The molecule has 0 unspecified atom stereocenters. The number of allylic oxidation sites excluding steroid dienone is 4. The third-order valence-corrected chi connectivity index (χ3v) is 3.65. The minimum absolute atomic E-state index is 0. The summed E-state index contributed by atoms with van der Waals surface area (Å²) < 4.78 is 2.07. The van der Waals surface area contributed by atoms with Crippen molar-refractivity contribution in [2.24, 2.45) is 0 Å². The number of hydrogen-bond acceptors (Lipinski definition) is 0. The van der Waals surface area contributed by atoms with Crippen molar-refractivity contribution >= 4 is 36.4 Å². The number of nitrogens with zero attached hydrogens (tertiary/aromatic N) is 1. The fourth-order valence-electron chi connectivity index (χ4n) is 2.46. The Balaban J connectivity index is 0.000000578. The minimum atomic E-state index is 0. The molecule has 2 aliphatic carbocycles. The van der Waals surface area contributed by atoms with Crippen LogP contribution in [-0.4, -0.2) is 4.57 Å². The van der Waals surface area contributed by atoms with E-state index >= 15 is 0 Å². The van der Waals surface area contributed by atoms with E-state index in [1.807, 2.05) is 36.4 Å². The zero-order valence-corrected chi connectivity index (χ0v) is 18.0. The molecule has 1 heterocycles. The molecular weight excluding hydrogens is 440 g/mol. The molecule has 0 saturated heterocycles. The van der Waals surface area contributed by atoms with Crippen LogP contribution >= 0.6 is 36.4 Å². The molecule has 1 aromatic carbocycles. The molecule has 124 valence electrons. The van der Waals surface area contributed by atoms with E-state index in [1.165, 1.54) is 16.8 Å². The van der Waals surface area contributed by atoms with E-state index in [4.69, 9.17) is 11.6 Å². The van der Waals surface area contributed by atoms with Crippen molar-refractivity contribution in [3.63, 3.8) is 0 Å². The summed E-state index contributed by atoms with van der Waals surface area (Å²) in [6.07, 6.45) is 10.0. The molecule has 5 heteroatoms. The van der Waals surface area contributed by atoms with Gasteiger partial charge in [0.15, 0.2) is 0 Å². The summed E-state index contributed by atoms with van der Waals surface area (Å²) in [5.41, 5.74) is 4.75. The summed E-state index contributed by atoms with van der Waals surface area (Å²) in [5, 5.41) is 0.760. The molecule has 0 spiro atoms.